The number of unbranched alkanes of at least 4 members (excludes halogenated alkanes) is 3. The quantitative estimate of drug-likeness (QED) is 0.526. The third-order valence-electron chi connectivity index (χ3n) is 5.12. The lowest BCUT2D eigenvalue weighted by atomic mass is 9.84. The number of nitrogens with one attached hydrogen (secondary N) is 1. The maximum absolute atomic E-state index is 12.2. The second-order valence-electron chi connectivity index (χ2n) is 6.47. The molecule has 0 spiro atoms. The number of esters is 1. The molecule has 0 aliphatic heterocycles. The van der Waals surface area contributed by atoms with Gasteiger partial charge in [0.25, 0.3) is 0 Å². The van der Waals surface area contributed by atoms with Gasteiger partial charge in [0, 0.05) is 19.0 Å². The molecule has 3 N–H and O–H groups in total. The van der Waals surface area contributed by atoms with Gasteiger partial charge in [-0.2, -0.15) is 0 Å². The number of methoxy groups -OCH3 is 1. The zero-order valence-corrected chi connectivity index (χ0v) is 14.2. The van der Waals surface area contributed by atoms with Crippen molar-refractivity contribution in [1.82, 2.24) is 5.32 Å². The first-order valence-electron chi connectivity index (χ1n) is 8.23. The summed E-state index contributed by atoms with van der Waals surface area (Å²) in [6, 6.07) is 0.0730. The Labute approximate surface area is 139 Å². The lowest BCUT2D eigenvalue weighted by molar-refractivity contribution is -0.140. The molecule has 2 rings (SSSR count). The van der Waals surface area contributed by atoms with Crippen LogP contribution in [0.25, 0.3) is 0 Å². The zero-order valence-electron chi connectivity index (χ0n) is 13.4. The molecule has 0 aromatic heterocycles. The first kappa shape index (κ1) is 19.2. The SMILES string of the molecule is COC(=O)CCCCCCNC(=O)C1C2CCC(C2)C1N.Cl. The Morgan fingerprint density at radius 2 is 1.82 bits per heavy atom. The van der Waals surface area contributed by atoms with Gasteiger partial charge in [-0.25, -0.2) is 0 Å². The summed E-state index contributed by atoms with van der Waals surface area (Å²) in [6.07, 6.45) is 7.86. The number of halogens is 1. The van der Waals surface area contributed by atoms with Crippen LogP contribution in [0.15, 0.2) is 0 Å². The molecule has 1 amide bonds. The number of rotatable bonds is 8. The second kappa shape index (κ2) is 9.36. The van der Waals surface area contributed by atoms with E-state index in [9.17, 15) is 9.59 Å². The van der Waals surface area contributed by atoms with Gasteiger partial charge in [0.15, 0.2) is 0 Å². The highest BCUT2D eigenvalue weighted by Gasteiger charge is 2.48. The summed E-state index contributed by atoms with van der Waals surface area (Å²) in [5.41, 5.74) is 6.17. The van der Waals surface area contributed by atoms with Crippen LogP contribution in [0.5, 0.6) is 0 Å². The van der Waals surface area contributed by atoms with E-state index in [-0.39, 0.29) is 36.2 Å². The first-order chi connectivity index (χ1) is 10.1. The van der Waals surface area contributed by atoms with Crippen LogP contribution in [0.4, 0.5) is 0 Å². The molecule has 0 radical (unpaired) electrons. The number of fused-ring (bicyclic) bond motifs is 2. The van der Waals surface area contributed by atoms with Crippen LogP contribution in [0, 0.1) is 17.8 Å². The van der Waals surface area contributed by atoms with Crippen LogP contribution >= 0.6 is 12.4 Å². The van der Waals surface area contributed by atoms with E-state index in [1.165, 1.54) is 20.0 Å². The highest BCUT2D eigenvalue weighted by atomic mass is 35.5. The van der Waals surface area contributed by atoms with Gasteiger partial charge in [-0.1, -0.05) is 12.8 Å². The normalized spacial score (nSPS) is 29.0. The Morgan fingerprint density at radius 3 is 2.45 bits per heavy atom. The average Bonchev–Trinajstić information content (AvgIpc) is 3.06. The Bertz CT molecular complexity index is 376. The molecule has 6 heteroatoms. The van der Waals surface area contributed by atoms with Crippen molar-refractivity contribution in [2.24, 2.45) is 23.5 Å². The standard InChI is InChI=1S/C16H28N2O3.ClH/c1-21-13(19)6-4-2-3-5-9-18-16(20)14-11-7-8-12(10-11)15(14)17;/h11-12,14-15H,2-10,17H2,1H3,(H,18,20);1H. The van der Waals surface area contributed by atoms with Crippen LogP contribution in [-0.2, 0) is 14.3 Å². The molecule has 5 nitrogen and oxygen atoms in total. The molecule has 2 aliphatic rings. The van der Waals surface area contributed by atoms with E-state index in [1.807, 2.05) is 0 Å². The molecule has 0 saturated heterocycles. The van der Waals surface area contributed by atoms with Crippen molar-refractivity contribution < 1.29 is 14.3 Å². The number of hydrogen-bond donors (Lipinski definition) is 2. The van der Waals surface area contributed by atoms with Gasteiger partial charge in [-0.05, 0) is 43.9 Å². The highest BCUT2D eigenvalue weighted by molar-refractivity contribution is 5.85. The molecule has 128 valence electrons. The number of ether oxygens (including phenoxy) is 1. The number of hydrogen-bond acceptors (Lipinski definition) is 4. The number of carbonyl (C=O) groups is 2. The van der Waals surface area contributed by atoms with Gasteiger partial charge in [0.05, 0.1) is 13.0 Å². The molecule has 2 saturated carbocycles. The summed E-state index contributed by atoms with van der Waals surface area (Å²) in [5.74, 6) is 1.15. The van der Waals surface area contributed by atoms with Gasteiger partial charge in [0.2, 0.25) is 5.91 Å². The number of nitrogens with two attached hydrogens (primary N) is 1. The third-order valence-corrected chi connectivity index (χ3v) is 5.12. The Balaban J connectivity index is 0.00000242. The topological polar surface area (TPSA) is 81.4 Å². The molecule has 2 aliphatic carbocycles. The van der Waals surface area contributed by atoms with Crippen LogP contribution in [0.1, 0.15) is 51.4 Å². The van der Waals surface area contributed by atoms with Crippen molar-refractivity contribution in [1.29, 1.82) is 0 Å². The van der Waals surface area contributed by atoms with E-state index in [0.29, 0.717) is 18.3 Å². The van der Waals surface area contributed by atoms with Gasteiger partial charge in [0.1, 0.15) is 0 Å². The van der Waals surface area contributed by atoms with Gasteiger partial charge in [-0.3, -0.25) is 9.59 Å². The molecular formula is C16H29ClN2O3. The fourth-order valence-electron chi connectivity index (χ4n) is 3.90. The van der Waals surface area contributed by atoms with Crippen LogP contribution < -0.4 is 11.1 Å². The monoisotopic (exact) mass is 332 g/mol. The van der Waals surface area contributed by atoms with Gasteiger partial charge < -0.3 is 15.8 Å². The molecule has 2 fully saturated rings. The molecule has 22 heavy (non-hydrogen) atoms. The summed E-state index contributed by atoms with van der Waals surface area (Å²) >= 11 is 0. The van der Waals surface area contributed by atoms with Crippen LogP contribution in [0.3, 0.4) is 0 Å². The molecule has 0 aromatic carbocycles. The maximum atomic E-state index is 12.2. The third kappa shape index (κ3) is 4.85. The van der Waals surface area contributed by atoms with Gasteiger partial charge >= 0.3 is 5.97 Å². The number of amides is 1. The van der Waals surface area contributed by atoms with E-state index in [0.717, 1.165) is 38.6 Å². The maximum Gasteiger partial charge on any atom is 0.305 e. The largest absolute Gasteiger partial charge is 0.469 e. The van der Waals surface area contributed by atoms with E-state index in [1.54, 1.807) is 0 Å². The van der Waals surface area contributed by atoms with Crippen molar-refractivity contribution in [3.05, 3.63) is 0 Å². The minimum Gasteiger partial charge on any atom is -0.469 e. The fraction of sp³-hybridized carbons (Fsp3) is 0.875. The minimum atomic E-state index is -0.145. The van der Waals surface area contributed by atoms with Crippen LogP contribution in [0.2, 0.25) is 0 Å². The Morgan fingerprint density at radius 1 is 1.14 bits per heavy atom. The van der Waals surface area contributed by atoms with Crippen molar-refractivity contribution in [3.8, 4) is 0 Å². The molecule has 0 aromatic rings. The second-order valence-corrected chi connectivity index (χ2v) is 6.47. The van der Waals surface area contributed by atoms with Crippen molar-refractivity contribution in [3.63, 3.8) is 0 Å². The van der Waals surface area contributed by atoms with Gasteiger partial charge in [-0.15, -0.1) is 12.4 Å². The summed E-state index contributed by atoms with van der Waals surface area (Å²) in [4.78, 5) is 23.1. The fourth-order valence-corrected chi connectivity index (χ4v) is 3.90. The van der Waals surface area contributed by atoms with E-state index in [2.05, 4.69) is 10.1 Å². The summed E-state index contributed by atoms with van der Waals surface area (Å²) < 4.78 is 4.59. The number of carbonyl (C=O) groups excluding carboxylic acids is 2. The lowest BCUT2D eigenvalue weighted by Gasteiger charge is -2.27. The zero-order chi connectivity index (χ0) is 15.2. The lowest BCUT2D eigenvalue weighted by Crippen LogP contribution is -2.45. The predicted molar refractivity (Wildman–Crippen MR) is 87.7 cm³/mol. The van der Waals surface area contributed by atoms with Crippen molar-refractivity contribution >= 4 is 24.3 Å². The Kier molecular flexibility index (Phi) is 8.18. The predicted octanol–water partition coefficient (Wildman–Crippen LogP) is 2.02. The highest BCUT2D eigenvalue weighted by Crippen LogP contribution is 2.47. The van der Waals surface area contributed by atoms with E-state index < -0.39 is 0 Å². The minimum absolute atomic E-state index is 0. The van der Waals surface area contributed by atoms with Crippen molar-refractivity contribution in [2.75, 3.05) is 13.7 Å². The molecule has 0 heterocycles. The Hall–Kier alpha value is -0.810. The van der Waals surface area contributed by atoms with Crippen molar-refractivity contribution in [2.45, 2.75) is 57.4 Å². The first-order valence-corrected chi connectivity index (χ1v) is 8.23. The summed E-state index contributed by atoms with van der Waals surface area (Å²) in [7, 11) is 1.41. The summed E-state index contributed by atoms with van der Waals surface area (Å²) in [6.45, 7) is 0.720. The average molecular weight is 333 g/mol. The van der Waals surface area contributed by atoms with Crippen LogP contribution in [-0.4, -0.2) is 31.6 Å². The molecule has 4 unspecified atom stereocenters. The smallest absolute Gasteiger partial charge is 0.305 e. The summed E-state index contributed by atoms with van der Waals surface area (Å²) in [5, 5.41) is 3.04. The molecule has 2 bridgehead atoms. The molecular weight excluding hydrogens is 304 g/mol. The van der Waals surface area contributed by atoms with E-state index in [4.69, 9.17) is 5.73 Å². The molecule has 4 atom stereocenters. The van der Waals surface area contributed by atoms with E-state index >= 15 is 0 Å².